The number of para-hydroxylation sites is 1. The van der Waals surface area contributed by atoms with E-state index in [1.807, 2.05) is 23.1 Å². The van der Waals surface area contributed by atoms with Crippen LogP contribution in [0.5, 0.6) is 11.5 Å². The standard InChI is InChI=1S/C20H28N4O5/c1-28-15-6-3-5-14(17(15)29-2)12-23-9-4-7-20(18(23)26)8-10-24(13-20)16(25)11-22-19(21)27/h3,5-6H,4,7-13H2,1-2H3,(H3,21,22,27)/t20-/m1/s1. The van der Waals surface area contributed by atoms with Crippen LogP contribution in [0.3, 0.4) is 0 Å². The average Bonchev–Trinajstić information content (AvgIpc) is 3.14. The molecule has 1 aromatic carbocycles. The van der Waals surface area contributed by atoms with E-state index < -0.39 is 11.4 Å². The molecule has 0 aliphatic carbocycles. The fraction of sp³-hybridized carbons (Fsp3) is 0.550. The summed E-state index contributed by atoms with van der Waals surface area (Å²) in [5.41, 5.74) is 5.35. The van der Waals surface area contributed by atoms with Gasteiger partial charge >= 0.3 is 6.03 Å². The van der Waals surface area contributed by atoms with Gasteiger partial charge in [-0.15, -0.1) is 0 Å². The highest BCUT2D eigenvalue weighted by Gasteiger charge is 2.49. The number of methoxy groups -OCH3 is 2. The van der Waals surface area contributed by atoms with Crippen molar-refractivity contribution in [3.63, 3.8) is 0 Å². The highest BCUT2D eigenvalue weighted by atomic mass is 16.5. The number of carbonyl (C=O) groups excluding carboxylic acids is 3. The van der Waals surface area contributed by atoms with Crippen molar-refractivity contribution >= 4 is 17.8 Å². The first-order chi connectivity index (χ1) is 13.9. The summed E-state index contributed by atoms with van der Waals surface area (Å²) in [6.07, 6.45) is 2.25. The third-order valence-corrected chi connectivity index (χ3v) is 5.79. The van der Waals surface area contributed by atoms with Gasteiger partial charge < -0.3 is 30.3 Å². The topological polar surface area (TPSA) is 114 Å². The Morgan fingerprint density at radius 2 is 2.00 bits per heavy atom. The SMILES string of the molecule is COc1cccc(CN2CCC[C@]3(CCN(C(=O)CNC(N)=O)C3)C2=O)c1OC. The molecule has 2 aliphatic rings. The lowest BCUT2D eigenvalue weighted by Crippen LogP contribution is -2.50. The summed E-state index contributed by atoms with van der Waals surface area (Å²) in [5, 5.41) is 2.32. The van der Waals surface area contributed by atoms with Crippen molar-refractivity contribution in [2.24, 2.45) is 11.1 Å². The minimum atomic E-state index is -0.737. The van der Waals surface area contributed by atoms with Crippen LogP contribution in [0.2, 0.25) is 0 Å². The molecule has 3 N–H and O–H groups in total. The number of benzene rings is 1. The summed E-state index contributed by atoms with van der Waals surface area (Å²) < 4.78 is 10.9. The van der Waals surface area contributed by atoms with Crippen molar-refractivity contribution in [2.75, 3.05) is 40.4 Å². The van der Waals surface area contributed by atoms with Gasteiger partial charge in [-0.2, -0.15) is 0 Å². The molecule has 0 unspecified atom stereocenters. The molecule has 1 atom stereocenters. The lowest BCUT2D eigenvalue weighted by Gasteiger charge is -2.39. The zero-order valence-electron chi connectivity index (χ0n) is 16.9. The molecule has 1 aromatic rings. The Morgan fingerprint density at radius 1 is 1.21 bits per heavy atom. The fourth-order valence-electron chi connectivity index (χ4n) is 4.33. The lowest BCUT2D eigenvalue weighted by atomic mass is 9.78. The summed E-state index contributed by atoms with van der Waals surface area (Å²) >= 11 is 0. The van der Waals surface area contributed by atoms with E-state index in [1.165, 1.54) is 0 Å². The van der Waals surface area contributed by atoms with Crippen molar-refractivity contribution in [1.29, 1.82) is 0 Å². The van der Waals surface area contributed by atoms with Crippen LogP contribution in [-0.4, -0.2) is 68.0 Å². The van der Waals surface area contributed by atoms with E-state index in [0.717, 1.165) is 18.4 Å². The Bertz CT molecular complexity index is 799. The van der Waals surface area contributed by atoms with E-state index in [4.69, 9.17) is 15.2 Å². The molecule has 2 aliphatic heterocycles. The number of piperidine rings is 1. The number of hydrogen-bond donors (Lipinski definition) is 2. The Labute approximate surface area is 170 Å². The van der Waals surface area contributed by atoms with Gasteiger partial charge in [0.05, 0.1) is 26.2 Å². The van der Waals surface area contributed by atoms with E-state index in [-0.39, 0.29) is 18.4 Å². The molecule has 0 saturated carbocycles. The predicted octanol–water partition coefficient (Wildman–Crippen LogP) is 0.713. The lowest BCUT2D eigenvalue weighted by molar-refractivity contribution is -0.146. The van der Waals surface area contributed by atoms with Crippen molar-refractivity contribution in [2.45, 2.75) is 25.8 Å². The van der Waals surface area contributed by atoms with Gasteiger partial charge in [0.25, 0.3) is 0 Å². The van der Waals surface area contributed by atoms with Gasteiger partial charge in [0, 0.05) is 31.7 Å². The van der Waals surface area contributed by atoms with Crippen molar-refractivity contribution < 1.29 is 23.9 Å². The van der Waals surface area contributed by atoms with E-state index in [9.17, 15) is 14.4 Å². The van der Waals surface area contributed by atoms with Gasteiger partial charge in [0.15, 0.2) is 11.5 Å². The molecule has 2 saturated heterocycles. The van der Waals surface area contributed by atoms with Crippen LogP contribution >= 0.6 is 0 Å². The quantitative estimate of drug-likeness (QED) is 0.725. The van der Waals surface area contributed by atoms with E-state index in [2.05, 4.69) is 5.32 Å². The second-order valence-corrected chi connectivity index (χ2v) is 7.55. The van der Waals surface area contributed by atoms with Crippen molar-refractivity contribution in [3.05, 3.63) is 23.8 Å². The first-order valence-electron chi connectivity index (χ1n) is 9.70. The summed E-state index contributed by atoms with van der Waals surface area (Å²) in [5.74, 6) is 1.10. The number of hydrogen-bond acceptors (Lipinski definition) is 5. The fourth-order valence-corrected chi connectivity index (χ4v) is 4.33. The molecule has 2 heterocycles. The van der Waals surface area contributed by atoms with Gasteiger partial charge in [-0.25, -0.2) is 4.79 Å². The van der Waals surface area contributed by atoms with Gasteiger partial charge in [-0.3, -0.25) is 9.59 Å². The highest BCUT2D eigenvalue weighted by molar-refractivity contribution is 5.87. The molecule has 9 heteroatoms. The number of urea groups is 1. The highest BCUT2D eigenvalue weighted by Crippen LogP contribution is 2.41. The monoisotopic (exact) mass is 404 g/mol. The second-order valence-electron chi connectivity index (χ2n) is 7.55. The molecule has 1 spiro atoms. The molecular formula is C20H28N4O5. The van der Waals surface area contributed by atoms with Gasteiger partial charge in [-0.05, 0) is 25.3 Å². The number of amides is 4. The normalized spacial score (nSPS) is 21.4. The van der Waals surface area contributed by atoms with Gasteiger partial charge in [-0.1, -0.05) is 12.1 Å². The largest absolute Gasteiger partial charge is 0.493 e. The Morgan fingerprint density at radius 3 is 2.69 bits per heavy atom. The molecule has 0 bridgehead atoms. The number of nitrogens with one attached hydrogen (secondary N) is 1. The average molecular weight is 404 g/mol. The predicted molar refractivity (Wildman–Crippen MR) is 105 cm³/mol. The Balaban J connectivity index is 1.71. The zero-order chi connectivity index (χ0) is 21.0. The Kier molecular flexibility index (Phi) is 6.14. The molecule has 3 rings (SSSR count). The molecule has 158 valence electrons. The van der Waals surface area contributed by atoms with Crippen LogP contribution in [0.4, 0.5) is 4.79 Å². The van der Waals surface area contributed by atoms with Gasteiger partial charge in [0.1, 0.15) is 0 Å². The minimum Gasteiger partial charge on any atom is -0.493 e. The maximum Gasteiger partial charge on any atom is 0.312 e. The van der Waals surface area contributed by atoms with Crippen LogP contribution in [0.1, 0.15) is 24.8 Å². The third kappa shape index (κ3) is 4.23. The molecule has 9 nitrogen and oxygen atoms in total. The van der Waals surface area contributed by atoms with E-state index in [0.29, 0.717) is 44.1 Å². The van der Waals surface area contributed by atoms with Crippen molar-refractivity contribution in [3.8, 4) is 11.5 Å². The molecule has 29 heavy (non-hydrogen) atoms. The summed E-state index contributed by atoms with van der Waals surface area (Å²) in [6.45, 7) is 1.82. The zero-order valence-corrected chi connectivity index (χ0v) is 16.9. The Hall–Kier alpha value is -2.97. The maximum atomic E-state index is 13.4. The maximum absolute atomic E-state index is 13.4. The van der Waals surface area contributed by atoms with Crippen molar-refractivity contribution in [1.82, 2.24) is 15.1 Å². The van der Waals surface area contributed by atoms with Crippen LogP contribution in [0.25, 0.3) is 0 Å². The first-order valence-corrected chi connectivity index (χ1v) is 9.70. The van der Waals surface area contributed by atoms with Gasteiger partial charge in [0.2, 0.25) is 11.8 Å². The van der Waals surface area contributed by atoms with E-state index >= 15 is 0 Å². The number of primary amides is 1. The smallest absolute Gasteiger partial charge is 0.312 e. The second kappa shape index (κ2) is 8.59. The molecular weight excluding hydrogens is 376 g/mol. The third-order valence-electron chi connectivity index (χ3n) is 5.79. The summed E-state index contributed by atoms with van der Waals surface area (Å²) in [6, 6.07) is 4.89. The summed E-state index contributed by atoms with van der Waals surface area (Å²) in [4.78, 5) is 40.0. The first kappa shape index (κ1) is 20.8. The minimum absolute atomic E-state index is 0.0618. The van der Waals surface area contributed by atoms with Crippen LogP contribution in [0, 0.1) is 5.41 Å². The van der Waals surface area contributed by atoms with E-state index in [1.54, 1.807) is 19.1 Å². The molecule has 0 radical (unpaired) electrons. The summed E-state index contributed by atoms with van der Waals surface area (Å²) in [7, 11) is 3.17. The number of rotatable bonds is 6. The number of ether oxygens (including phenoxy) is 2. The molecule has 4 amide bonds. The number of likely N-dealkylation sites (tertiary alicyclic amines) is 2. The number of nitrogens with two attached hydrogens (primary N) is 1. The number of nitrogens with zero attached hydrogens (tertiary/aromatic N) is 2. The molecule has 2 fully saturated rings. The van der Waals surface area contributed by atoms with Crippen LogP contribution in [0.15, 0.2) is 18.2 Å². The number of carbonyl (C=O) groups is 3. The van der Waals surface area contributed by atoms with Crippen LogP contribution in [-0.2, 0) is 16.1 Å². The van der Waals surface area contributed by atoms with Crippen LogP contribution < -0.4 is 20.5 Å². The molecule has 0 aromatic heterocycles.